The first kappa shape index (κ1) is 20.0. The molecular formula is C21H23F3N6O. The van der Waals surface area contributed by atoms with E-state index in [0.29, 0.717) is 38.4 Å². The lowest BCUT2D eigenvalue weighted by atomic mass is 10.1. The van der Waals surface area contributed by atoms with E-state index in [1.807, 2.05) is 6.92 Å². The van der Waals surface area contributed by atoms with Gasteiger partial charge < -0.3 is 14.7 Å². The van der Waals surface area contributed by atoms with Crippen molar-refractivity contribution in [1.82, 2.24) is 19.9 Å². The zero-order chi connectivity index (χ0) is 21.8. The molecule has 7 nitrogen and oxygen atoms in total. The Morgan fingerprint density at radius 3 is 2.58 bits per heavy atom. The molecule has 31 heavy (non-hydrogen) atoms. The number of carbonyl (C=O) groups excluding carboxylic acids is 1. The Hall–Kier alpha value is -2.91. The maximum absolute atomic E-state index is 13.2. The molecule has 0 spiro atoms. The van der Waals surface area contributed by atoms with E-state index in [0.717, 1.165) is 42.7 Å². The average Bonchev–Trinajstić information content (AvgIpc) is 3.33. The highest BCUT2D eigenvalue weighted by atomic mass is 19.4. The standard InChI is InChI=1S/C21H23F3N6O/c1-13-25-16-12-30(11-15(16)19(26-13)28-7-3-8-28)20(31)14-6-9-29(10-14)18-5-2-4-17(27-18)21(22,23)24/h2,4-5,14H,3,6-12H2,1H3/t14-/m1/s1. The number of hydrogen-bond donors (Lipinski definition) is 0. The predicted octanol–water partition coefficient (Wildman–Crippen LogP) is 2.78. The molecule has 0 radical (unpaired) electrons. The Bertz CT molecular complexity index is 1020. The summed E-state index contributed by atoms with van der Waals surface area (Å²) in [5.41, 5.74) is 1.01. The molecule has 0 aliphatic carbocycles. The minimum atomic E-state index is -4.49. The van der Waals surface area contributed by atoms with Gasteiger partial charge in [0.1, 0.15) is 23.2 Å². The maximum Gasteiger partial charge on any atom is 0.433 e. The third kappa shape index (κ3) is 3.68. The van der Waals surface area contributed by atoms with Crippen molar-refractivity contribution in [3.8, 4) is 0 Å². The lowest BCUT2D eigenvalue weighted by Gasteiger charge is -2.33. The van der Waals surface area contributed by atoms with Gasteiger partial charge in [0.25, 0.3) is 0 Å². The van der Waals surface area contributed by atoms with Crippen molar-refractivity contribution in [2.75, 3.05) is 36.0 Å². The van der Waals surface area contributed by atoms with Crippen molar-refractivity contribution in [2.45, 2.75) is 39.0 Å². The number of halogens is 3. The number of anilines is 2. The predicted molar refractivity (Wildman–Crippen MR) is 107 cm³/mol. The van der Waals surface area contributed by atoms with Gasteiger partial charge in [0.05, 0.1) is 24.7 Å². The summed E-state index contributed by atoms with van der Waals surface area (Å²) < 4.78 is 39.0. The summed E-state index contributed by atoms with van der Waals surface area (Å²) in [5.74, 6) is 1.64. The van der Waals surface area contributed by atoms with E-state index in [4.69, 9.17) is 0 Å². The van der Waals surface area contributed by atoms with Gasteiger partial charge in [0, 0.05) is 31.7 Å². The summed E-state index contributed by atoms with van der Waals surface area (Å²) in [6.45, 7) is 5.62. The van der Waals surface area contributed by atoms with E-state index < -0.39 is 11.9 Å². The first-order valence-corrected chi connectivity index (χ1v) is 10.5. The summed E-state index contributed by atoms with van der Waals surface area (Å²) in [4.78, 5) is 31.9. The van der Waals surface area contributed by atoms with E-state index in [2.05, 4.69) is 19.9 Å². The minimum absolute atomic E-state index is 0.0136. The Morgan fingerprint density at radius 2 is 1.87 bits per heavy atom. The van der Waals surface area contributed by atoms with Crippen LogP contribution in [0, 0.1) is 12.8 Å². The molecule has 3 aliphatic heterocycles. The van der Waals surface area contributed by atoms with E-state index in [1.165, 1.54) is 6.07 Å². The minimum Gasteiger partial charge on any atom is -0.356 e. The van der Waals surface area contributed by atoms with Gasteiger partial charge in [-0.3, -0.25) is 4.79 Å². The molecule has 0 aromatic carbocycles. The molecule has 1 atom stereocenters. The zero-order valence-electron chi connectivity index (χ0n) is 17.2. The number of carbonyl (C=O) groups is 1. The number of aryl methyl sites for hydroxylation is 1. The topological polar surface area (TPSA) is 65.5 Å². The number of rotatable bonds is 3. The van der Waals surface area contributed by atoms with Gasteiger partial charge >= 0.3 is 6.18 Å². The van der Waals surface area contributed by atoms with Crippen LogP contribution in [0.1, 0.15) is 35.6 Å². The average molecular weight is 432 g/mol. The molecule has 2 saturated heterocycles. The second-order valence-corrected chi connectivity index (χ2v) is 8.36. The van der Waals surface area contributed by atoms with Gasteiger partial charge in [-0.25, -0.2) is 15.0 Å². The van der Waals surface area contributed by atoms with E-state index in [9.17, 15) is 18.0 Å². The smallest absolute Gasteiger partial charge is 0.356 e. The normalized spacial score (nSPS) is 20.8. The number of nitrogens with zero attached hydrogens (tertiary/aromatic N) is 6. The van der Waals surface area contributed by atoms with Crippen molar-refractivity contribution < 1.29 is 18.0 Å². The van der Waals surface area contributed by atoms with Crippen molar-refractivity contribution in [2.24, 2.45) is 5.92 Å². The van der Waals surface area contributed by atoms with Crippen LogP contribution in [-0.4, -0.2) is 51.9 Å². The number of amides is 1. The molecule has 5 heterocycles. The molecule has 2 aromatic heterocycles. The first-order chi connectivity index (χ1) is 14.8. The molecule has 0 N–H and O–H groups in total. The lowest BCUT2D eigenvalue weighted by Crippen LogP contribution is -2.39. The Balaban J connectivity index is 1.29. The fourth-order valence-corrected chi connectivity index (χ4v) is 4.49. The van der Waals surface area contributed by atoms with Gasteiger partial charge in [-0.2, -0.15) is 13.2 Å². The summed E-state index contributed by atoms with van der Waals surface area (Å²) in [6, 6.07) is 3.88. The number of aromatic nitrogens is 3. The zero-order valence-corrected chi connectivity index (χ0v) is 17.2. The second kappa shape index (κ2) is 7.35. The van der Waals surface area contributed by atoms with Gasteiger partial charge in [0.2, 0.25) is 5.91 Å². The van der Waals surface area contributed by atoms with Gasteiger partial charge in [-0.05, 0) is 31.9 Å². The monoisotopic (exact) mass is 432 g/mol. The quantitative estimate of drug-likeness (QED) is 0.743. The number of fused-ring (bicyclic) bond motifs is 1. The molecule has 5 rings (SSSR count). The molecule has 164 valence electrons. The fraction of sp³-hybridized carbons (Fsp3) is 0.524. The van der Waals surface area contributed by atoms with Crippen molar-refractivity contribution in [3.63, 3.8) is 0 Å². The van der Waals surface area contributed by atoms with Gasteiger partial charge in [-0.1, -0.05) is 6.07 Å². The van der Waals surface area contributed by atoms with Gasteiger partial charge in [0.15, 0.2) is 0 Å². The van der Waals surface area contributed by atoms with Crippen LogP contribution >= 0.6 is 0 Å². The Morgan fingerprint density at radius 1 is 1.06 bits per heavy atom. The third-order valence-electron chi connectivity index (χ3n) is 6.23. The largest absolute Gasteiger partial charge is 0.433 e. The Labute approximate surface area is 177 Å². The van der Waals surface area contributed by atoms with Crippen LogP contribution in [0.15, 0.2) is 18.2 Å². The van der Waals surface area contributed by atoms with Gasteiger partial charge in [-0.15, -0.1) is 0 Å². The molecule has 3 aliphatic rings. The molecule has 2 aromatic rings. The number of alkyl halides is 3. The van der Waals surface area contributed by atoms with Crippen LogP contribution in [0.5, 0.6) is 0 Å². The van der Waals surface area contributed by atoms with Crippen LogP contribution < -0.4 is 9.80 Å². The molecule has 0 bridgehead atoms. The maximum atomic E-state index is 13.2. The van der Waals surface area contributed by atoms with Crippen LogP contribution in [0.25, 0.3) is 0 Å². The van der Waals surface area contributed by atoms with E-state index in [1.54, 1.807) is 15.9 Å². The number of pyridine rings is 1. The summed E-state index contributed by atoms with van der Waals surface area (Å²) >= 11 is 0. The number of hydrogen-bond acceptors (Lipinski definition) is 6. The fourth-order valence-electron chi connectivity index (χ4n) is 4.49. The molecule has 1 amide bonds. The van der Waals surface area contributed by atoms with Crippen LogP contribution in [0.3, 0.4) is 0 Å². The molecule has 2 fully saturated rings. The first-order valence-electron chi connectivity index (χ1n) is 10.5. The highest BCUT2D eigenvalue weighted by Crippen LogP contribution is 2.34. The molecule has 10 heteroatoms. The Kier molecular flexibility index (Phi) is 4.75. The SMILES string of the molecule is Cc1nc2c(c(N3CCC3)n1)CN(C(=O)[C@@H]1CCN(c3cccc(C(F)(F)F)n3)C1)C2. The van der Waals surface area contributed by atoms with Crippen LogP contribution in [-0.2, 0) is 24.1 Å². The molecular weight excluding hydrogens is 409 g/mol. The highest BCUT2D eigenvalue weighted by molar-refractivity contribution is 5.81. The van der Waals surface area contributed by atoms with E-state index in [-0.39, 0.29) is 17.6 Å². The van der Waals surface area contributed by atoms with Crippen molar-refractivity contribution >= 4 is 17.5 Å². The third-order valence-corrected chi connectivity index (χ3v) is 6.23. The van der Waals surface area contributed by atoms with Crippen molar-refractivity contribution in [3.05, 3.63) is 41.0 Å². The summed E-state index contributed by atoms with van der Waals surface area (Å²) in [5, 5.41) is 0. The highest BCUT2D eigenvalue weighted by Gasteiger charge is 2.38. The molecule has 0 saturated carbocycles. The summed E-state index contributed by atoms with van der Waals surface area (Å²) in [7, 11) is 0. The lowest BCUT2D eigenvalue weighted by molar-refractivity contribution is -0.141. The van der Waals surface area contributed by atoms with E-state index >= 15 is 0 Å². The van der Waals surface area contributed by atoms with Crippen LogP contribution in [0.2, 0.25) is 0 Å². The molecule has 0 unspecified atom stereocenters. The van der Waals surface area contributed by atoms with Crippen molar-refractivity contribution in [1.29, 1.82) is 0 Å². The summed E-state index contributed by atoms with van der Waals surface area (Å²) in [6.07, 6.45) is -2.76. The second-order valence-electron chi connectivity index (χ2n) is 8.36. The van der Waals surface area contributed by atoms with Crippen LogP contribution in [0.4, 0.5) is 24.8 Å².